The van der Waals surface area contributed by atoms with Gasteiger partial charge in [0, 0.05) is 18.0 Å². The third kappa shape index (κ3) is 9.10. The maximum absolute atomic E-state index is 9.78. The summed E-state index contributed by atoms with van der Waals surface area (Å²) in [5.41, 5.74) is 9.43. The number of aliphatic hydroxyl groups is 1. The molecule has 0 bridgehead atoms. The summed E-state index contributed by atoms with van der Waals surface area (Å²) in [6.45, 7) is 11.7. The van der Waals surface area contributed by atoms with E-state index in [9.17, 15) is 5.11 Å². The van der Waals surface area contributed by atoms with Crippen LogP contribution >= 0.6 is 0 Å². The molecule has 36 heavy (non-hydrogen) atoms. The van der Waals surface area contributed by atoms with Gasteiger partial charge >= 0.3 is 0 Å². The van der Waals surface area contributed by atoms with Crippen LogP contribution in [0.25, 0.3) is 0 Å². The van der Waals surface area contributed by atoms with Gasteiger partial charge < -0.3 is 20.9 Å². The maximum atomic E-state index is 9.78. The van der Waals surface area contributed by atoms with Crippen LogP contribution in [-0.4, -0.2) is 21.8 Å². The molecule has 0 atom stereocenters. The van der Waals surface area contributed by atoms with Gasteiger partial charge in [0.25, 0.3) is 0 Å². The number of anilines is 1. The highest BCUT2D eigenvalue weighted by Crippen LogP contribution is 2.24. The molecule has 3 rings (SSSR count). The van der Waals surface area contributed by atoms with Crippen molar-refractivity contribution >= 4 is 23.0 Å². The lowest BCUT2D eigenvalue weighted by Gasteiger charge is -2.16. The summed E-state index contributed by atoms with van der Waals surface area (Å²) >= 11 is 0. The number of aliphatic hydroxyl groups excluding tert-OH is 1. The number of aromatic nitrogens is 1. The minimum Gasteiger partial charge on any atom is -0.494 e. The molecule has 1 heterocycles. The molecule has 0 aliphatic heterocycles. The molecular formula is C29H35N5O2. The van der Waals surface area contributed by atoms with Gasteiger partial charge in [-0.05, 0) is 62.4 Å². The largest absolute Gasteiger partial charge is 0.494 e. The van der Waals surface area contributed by atoms with Crippen LogP contribution in [0.15, 0.2) is 113 Å². The lowest BCUT2D eigenvalue weighted by atomic mass is 10.0. The molecule has 0 unspecified atom stereocenters. The van der Waals surface area contributed by atoms with Gasteiger partial charge in [0.15, 0.2) is 0 Å². The predicted molar refractivity (Wildman–Crippen MR) is 150 cm³/mol. The zero-order chi connectivity index (χ0) is 26.3. The number of rotatable bonds is 8. The van der Waals surface area contributed by atoms with Crippen LogP contribution in [0.1, 0.15) is 40.5 Å². The summed E-state index contributed by atoms with van der Waals surface area (Å²) in [7, 11) is 0. The van der Waals surface area contributed by atoms with Gasteiger partial charge in [-0.15, -0.1) is 0 Å². The van der Waals surface area contributed by atoms with Crippen molar-refractivity contribution < 1.29 is 9.84 Å². The van der Waals surface area contributed by atoms with Crippen molar-refractivity contribution in [3.8, 4) is 11.6 Å². The molecule has 1 aromatic heterocycles. The second-order valence-corrected chi connectivity index (χ2v) is 7.84. The number of nitrogens with one attached hydrogen (secondary N) is 1. The molecule has 0 aliphatic carbocycles. The van der Waals surface area contributed by atoms with Crippen molar-refractivity contribution in [3.63, 3.8) is 0 Å². The second kappa shape index (κ2) is 14.8. The van der Waals surface area contributed by atoms with Crippen LogP contribution < -0.4 is 15.8 Å². The Labute approximate surface area is 213 Å². The highest BCUT2D eigenvalue weighted by Gasteiger charge is 2.16. The second-order valence-electron chi connectivity index (χ2n) is 7.84. The topological polar surface area (TPSA) is 105 Å². The highest BCUT2D eigenvalue weighted by molar-refractivity contribution is 6.27. The molecule has 4 N–H and O–H groups in total. The van der Waals surface area contributed by atoms with Crippen LogP contribution in [0.5, 0.6) is 11.6 Å². The van der Waals surface area contributed by atoms with Gasteiger partial charge in [0.1, 0.15) is 17.4 Å². The van der Waals surface area contributed by atoms with Crippen molar-refractivity contribution in [2.75, 3.05) is 5.32 Å². The number of hydrogen-bond donors (Lipinski definition) is 3. The summed E-state index contributed by atoms with van der Waals surface area (Å²) in [5.74, 6) is 1.43. The van der Waals surface area contributed by atoms with Crippen molar-refractivity contribution in [3.05, 3.63) is 103 Å². The quantitative estimate of drug-likeness (QED) is 0.174. The SMILES string of the molecule is C=C(O)/N=C(Nc1ccccc1)\C(C(N)=Nc1ccc(Oc2ccccn2)cc1)=C(/C)CC.CCC. The number of allylic oxidation sites excluding steroid dienone is 1. The van der Waals surface area contributed by atoms with E-state index in [0.717, 1.165) is 17.7 Å². The molecular weight excluding hydrogens is 450 g/mol. The van der Waals surface area contributed by atoms with Gasteiger partial charge in [0.2, 0.25) is 11.8 Å². The van der Waals surface area contributed by atoms with Crippen molar-refractivity contribution in [1.82, 2.24) is 4.98 Å². The normalized spacial score (nSPS) is 12.1. The number of ether oxygens (including phenoxy) is 1. The van der Waals surface area contributed by atoms with E-state index in [0.29, 0.717) is 28.7 Å². The minimum absolute atomic E-state index is 0.260. The highest BCUT2D eigenvalue weighted by atomic mass is 16.5. The van der Waals surface area contributed by atoms with E-state index in [-0.39, 0.29) is 11.7 Å². The van der Waals surface area contributed by atoms with Crippen LogP contribution in [0, 0.1) is 0 Å². The molecule has 7 nitrogen and oxygen atoms in total. The minimum atomic E-state index is -0.335. The number of amidine groups is 2. The van der Waals surface area contributed by atoms with Crippen LogP contribution in [0.3, 0.4) is 0 Å². The summed E-state index contributed by atoms with van der Waals surface area (Å²) < 4.78 is 5.72. The van der Waals surface area contributed by atoms with Crippen LogP contribution in [-0.2, 0) is 0 Å². The van der Waals surface area contributed by atoms with E-state index in [1.165, 1.54) is 6.42 Å². The Morgan fingerprint density at radius 3 is 2.19 bits per heavy atom. The average Bonchev–Trinajstić information content (AvgIpc) is 2.86. The summed E-state index contributed by atoms with van der Waals surface area (Å²) in [5, 5.41) is 13.0. The van der Waals surface area contributed by atoms with Gasteiger partial charge in [-0.1, -0.05) is 57.0 Å². The maximum Gasteiger partial charge on any atom is 0.219 e. The van der Waals surface area contributed by atoms with Crippen LogP contribution in [0.2, 0.25) is 0 Å². The van der Waals surface area contributed by atoms with Crippen molar-refractivity contribution in [1.29, 1.82) is 0 Å². The lowest BCUT2D eigenvalue weighted by Crippen LogP contribution is -2.28. The molecule has 0 saturated heterocycles. The molecule has 188 valence electrons. The Morgan fingerprint density at radius 1 is 1.00 bits per heavy atom. The van der Waals surface area contributed by atoms with E-state index in [1.807, 2.05) is 56.3 Å². The van der Waals surface area contributed by atoms with E-state index in [2.05, 4.69) is 40.7 Å². The number of aliphatic imine (C=N–C) groups is 2. The fraction of sp³-hybridized carbons (Fsp3) is 0.207. The molecule has 3 aromatic rings. The Morgan fingerprint density at radius 2 is 1.64 bits per heavy atom. The first-order chi connectivity index (χ1) is 17.4. The third-order valence-electron chi connectivity index (χ3n) is 4.67. The first kappa shape index (κ1) is 27.9. The number of hydrogen-bond acceptors (Lipinski definition) is 5. The van der Waals surface area contributed by atoms with Crippen LogP contribution in [0.4, 0.5) is 11.4 Å². The Kier molecular flexibility index (Phi) is 11.4. The summed E-state index contributed by atoms with van der Waals surface area (Å²) in [6.07, 6.45) is 3.64. The Balaban J connectivity index is 0.00000145. The number of pyridine rings is 1. The van der Waals surface area contributed by atoms with E-state index in [4.69, 9.17) is 10.5 Å². The van der Waals surface area contributed by atoms with Gasteiger partial charge in [-0.3, -0.25) is 0 Å². The zero-order valence-corrected chi connectivity index (χ0v) is 21.4. The Bertz CT molecular complexity index is 1190. The molecule has 0 radical (unpaired) electrons. The van der Waals surface area contributed by atoms with E-state index in [1.54, 1.807) is 36.5 Å². The summed E-state index contributed by atoms with van der Waals surface area (Å²) in [4.78, 5) is 12.9. The molecule has 0 saturated carbocycles. The first-order valence-corrected chi connectivity index (χ1v) is 11.9. The standard InChI is InChI=1S/C26H27N5O2.C3H8/c1-4-18(2)24(26(29-19(3)32)31-20-10-6-5-7-11-20)25(27)30-21-13-15-22(16-14-21)33-23-12-8-9-17-28-23;1-3-2/h5-17,32H,3-4H2,1-2H3,(H2,27,30)(H,29,31);3H2,1-2H3/b24-18+;. The van der Waals surface area contributed by atoms with E-state index >= 15 is 0 Å². The Hall–Kier alpha value is -4.39. The number of nitrogens with two attached hydrogens (primary N) is 1. The molecule has 0 aliphatic rings. The van der Waals surface area contributed by atoms with Gasteiger partial charge in [-0.2, -0.15) is 4.99 Å². The molecule has 0 spiro atoms. The molecule has 0 amide bonds. The van der Waals surface area contributed by atoms with Crippen molar-refractivity contribution in [2.45, 2.75) is 40.5 Å². The predicted octanol–water partition coefficient (Wildman–Crippen LogP) is 7.55. The lowest BCUT2D eigenvalue weighted by molar-refractivity contribution is 0.410. The molecule has 2 aromatic carbocycles. The van der Waals surface area contributed by atoms with Crippen molar-refractivity contribution in [2.24, 2.45) is 15.7 Å². The third-order valence-corrected chi connectivity index (χ3v) is 4.67. The van der Waals surface area contributed by atoms with Gasteiger partial charge in [0.05, 0.1) is 11.3 Å². The summed E-state index contributed by atoms with van der Waals surface area (Å²) in [6, 6.07) is 22.2. The smallest absolute Gasteiger partial charge is 0.219 e. The van der Waals surface area contributed by atoms with Gasteiger partial charge in [-0.25, -0.2) is 9.98 Å². The fourth-order valence-corrected chi connectivity index (χ4v) is 2.96. The number of benzene rings is 2. The number of para-hydroxylation sites is 1. The monoisotopic (exact) mass is 485 g/mol. The fourth-order valence-electron chi connectivity index (χ4n) is 2.96. The first-order valence-electron chi connectivity index (χ1n) is 11.9. The molecule has 0 fully saturated rings. The number of nitrogens with zero attached hydrogens (tertiary/aromatic N) is 3. The zero-order valence-electron chi connectivity index (χ0n) is 21.4. The molecule has 7 heteroatoms. The van der Waals surface area contributed by atoms with E-state index < -0.39 is 0 Å². The average molecular weight is 486 g/mol.